The molecule has 8 heteroatoms. The van der Waals surface area contributed by atoms with Gasteiger partial charge in [0, 0.05) is 13.1 Å². The highest BCUT2D eigenvalue weighted by Crippen LogP contribution is 2.28. The molecular formula is C12H9BrFN5O. The first-order valence-corrected chi connectivity index (χ1v) is 6.48. The standard InChI is InChI=1S/C12H9BrFN5O/c1-15-12-18-10-9(16-5-17-10)11(19-12)20-6-2-3-7(13)8(14)4-6/h2-5H,1H3,(H2,15,16,17,18,19). The van der Waals surface area contributed by atoms with Gasteiger partial charge in [-0.05, 0) is 28.1 Å². The number of anilines is 1. The highest BCUT2D eigenvalue weighted by molar-refractivity contribution is 9.10. The average Bonchev–Trinajstić information content (AvgIpc) is 2.91. The number of nitrogens with zero attached hydrogens (tertiary/aromatic N) is 3. The second kappa shape index (κ2) is 5.04. The molecule has 0 bridgehead atoms. The highest BCUT2D eigenvalue weighted by Gasteiger charge is 2.12. The summed E-state index contributed by atoms with van der Waals surface area (Å²) < 4.78 is 19.5. The van der Waals surface area contributed by atoms with Gasteiger partial charge in [0.05, 0.1) is 10.8 Å². The van der Waals surface area contributed by atoms with Crippen LogP contribution in [0.25, 0.3) is 11.2 Å². The molecule has 0 saturated carbocycles. The van der Waals surface area contributed by atoms with Crippen molar-refractivity contribution in [3.05, 3.63) is 34.8 Å². The van der Waals surface area contributed by atoms with Crippen LogP contribution in [0, 0.1) is 5.82 Å². The molecule has 0 aliphatic heterocycles. The second-order valence-corrected chi connectivity index (χ2v) is 4.74. The van der Waals surface area contributed by atoms with E-state index in [1.54, 1.807) is 19.2 Å². The Hall–Kier alpha value is -2.22. The molecule has 102 valence electrons. The van der Waals surface area contributed by atoms with Gasteiger partial charge in [-0.2, -0.15) is 9.97 Å². The van der Waals surface area contributed by atoms with Crippen LogP contribution in [0.5, 0.6) is 11.6 Å². The minimum atomic E-state index is -0.411. The van der Waals surface area contributed by atoms with Gasteiger partial charge in [-0.3, -0.25) is 0 Å². The molecular weight excluding hydrogens is 329 g/mol. The fourth-order valence-corrected chi connectivity index (χ4v) is 1.89. The zero-order valence-corrected chi connectivity index (χ0v) is 11.9. The zero-order chi connectivity index (χ0) is 14.1. The van der Waals surface area contributed by atoms with Gasteiger partial charge in [0.1, 0.15) is 17.1 Å². The van der Waals surface area contributed by atoms with Gasteiger partial charge in [0.2, 0.25) is 5.95 Å². The van der Waals surface area contributed by atoms with E-state index in [-0.39, 0.29) is 5.88 Å². The van der Waals surface area contributed by atoms with Crippen molar-refractivity contribution in [3.8, 4) is 11.6 Å². The van der Waals surface area contributed by atoms with Crippen LogP contribution in [0.15, 0.2) is 29.0 Å². The van der Waals surface area contributed by atoms with E-state index in [1.165, 1.54) is 12.4 Å². The Morgan fingerprint density at radius 1 is 1.35 bits per heavy atom. The van der Waals surface area contributed by atoms with Crippen molar-refractivity contribution in [3.63, 3.8) is 0 Å². The molecule has 0 radical (unpaired) electrons. The van der Waals surface area contributed by atoms with E-state index < -0.39 is 5.82 Å². The van der Waals surface area contributed by atoms with Crippen LogP contribution in [-0.2, 0) is 0 Å². The quantitative estimate of drug-likeness (QED) is 0.768. The van der Waals surface area contributed by atoms with Crippen molar-refractivity contribution in [1.29, 1.82) is 0 Å². The third-order valence-electron chi connectivity index (χ3n) is 2.58. The number of nitrogens with one attached hydrogen (secondary N) is 2. The number of imidazole rings is 1. The minimum Gasteiger partial charge on any atom is -0.437 e. The summed E-state index contributed by atoms with van der Waals surface area (Å²) in [5.41, 5.74) is 1.02. The summed E-state index contributed by atoms with van der Waals surface area (Å²) >= 11 is 3.09. The molecule has 0 saturated heterocycles. The molecule has 0 aliphatic carbocycles. The van der Waals surface area contributed by atoms with Gasteiger partial charge in [0.15, 0.2) is 5.65 Å². The molecule has 0 aliphatic rings. The third-order valence-corrected chi connectivity index (χ3v) is 3.22. The number of benzene rings is 1. The van der Waals surface area contributed by atoms with Crippen LogP contribution in [-0.4, -0.2) is 27.0 Å². The normalized spacial score (nSPS) is 10.8. The van der Waals surface area contributed by atoms with Gasteiger partial charge in [-0.25, -0.2) is 9.37 Å². The van der Waals surface area contributed by atoms with Crippen LogP contribution in [0.1, 0.15) is 0 Å². The summed E-state index contributed by atoms with van der Waals surface area (Å²) in [5.74, 6) is 0.573. The molecule has 20 heavy (non-hydrogen) atoms. The summed E-state index contributed by atoms with van der Waals surface area (Å²) in [6.45, 7) is 0. The maximum Gasteiger partial charge on any atom is 0.250 e. The molecule has 0 fully saturated rings. The Labute approximate surface area is 121 Å². The van der Waals surface area contributed by atoms with Crippen molar-refractivity contribution in [2.45, 2.75) is 0 Å². The Balaban J connectivity index is 2.04. The van der Waals surface area contributed by atoms with Gasteiger partial charge < -0.3 is 15.0 Å². The average molecular weight is 338 g/mol. The molecule has 2 aromatic heterocycles. The molecule has 6 nitrogen and oxygen atoms in total. The van der Waals surface area contributed by atoms with E-state index in [0.717, 1.165) is 0 Å². The number of H-pyrrole nitrogens is 1. The topological polar surface area (TPSA) is 75.7 Å². The monoisotopic (exact) mass is 337 g/mol. The van der Waals surface area contributed by atoms with Crippen LogP contribution in [0.4, 0.5) is 10.3 Å². The van der Waals surface area contributed by atoms with E-state index in [2.05, 4.69) is 41.2 Å². The zero-order valence-electron chi connectivity index (χ0n) is 10.3. The van der Waals surface area contributed by atoms with Crippen LogP contribution >= 0.6 is 15.9 Å². The fourth-order valence-electron chi connectivity index (χ4n) is 1.64. The summed E-state index contributed by atoms with van der Waals surface area (Å²) in [6.07, 6.45) is 1.49. The van der Waals surface area contributed by atoms with E-state index >= 15 is 0 Å². The van der Waals surface area contributed by atoms with E-state index in [0.29, 0.717) is 27.3 Å². The largest absolute Gasteiger partial charge is 0.437 e. The smallest absolute Gasteiger partial charge is 0.250 e. The SMILES string of the molecule is CNc1nc(Oc2ccc(Br)c(F)c2)c2[nH]cnc2n1. The predicted molar refractivity (Wildman–Crippen MR) is 75.4 cm³/mol. The third kappa shape index (κ3) is 2.29. The number of aromatic nitrogens is 4. The number of hydrogen-bond acceptors (Lipinski definition) is 5. The first-order valence-electron chi connectivity index (χ1n) is 5.69. The second-order valence-electron chi connectivity index (χ2n) is 3.88. The van der Waals surface area contributed by atoms with Crippen molar-refractivity contribution >= 4 is 33.0 Å². The van der Waals surface area contributed by atoms with Gasteiger partial charge in [-0.15, -0.1) is 0 Å². The van der Waals surface area contributed by atoms with Gasteiger partial charge in [-0.1, -0.05) is 0 Å². The maximum atomic E-state index is 13.5. The molecule has 0 spiro atoms. The lowest BCUT2D eigenvalue weighted by molar-refractivity contribution is 0.462. The molecule has 0 unspecified atom stereocenters. The molecule has 1 aromatic carbocycles. The Morgan fingerprint density at radius 2 is 2.20 bits per heavy atom. The number of rotatable bonds is 3. The lowest BCUT2D eigenvalue weighted by atomic mass is 10.3. The van der Waals surface area contributed by atoms with Crippen molar-refractivity contribution in [1.82, 2.24) is 19.9 Å². The van der Waals surface area contributed by atoms with Gasteiger partial charge in [0.25, 0.3) is 5.88 Å². The Bertz CT molecular complexity index is 776. The van der Waals surface area contributed by atoms with Crippen LogP contribution in [0.2, 0.25) is 0 Å². The number of fused-ring (bicyclic) bond motifs is 1. The Kier molecular flexibility index (Phi) is 3.23. The molecule has 0 amide bonds. The number of hydrogen-bond donors (Lipinski definition) is 2. The molecule has 3 rings (SSSR count). The number of halogens is 2. The summed E-state index contributed by atoms with van der Waals surface area (Å²) in [6, 6.07) is 4.47. The highest BCUT2D eigenvalue weighted by atomic mass is 79.9. The van der Waals surface area contributed by atoms with Gasteiger partial charge >= 0.3 is 0 Å². The maximum absolute atomic E-state index is 13.5. The minimum absolute atomic E-state index is 0.276. The molecule has 2 N–H and O–H groups in total. The first kappa shape index (κ1) is 12.8. The number of ether oxygens (including phenoxy) is 1. The fraction of sp³-hybridized carbons (Fsp3) is 0.0833. The van der Waals surface area contributed by atoms with E-state index in [1.807, 2.05) is 0 Å². The molecule has 2 heterocycles. The first-order chi connectivity index (χ1) is 9.67. The number of aromatic amines is 1. The lowest BCUT2D eigenvalue weighted by Crippen LogP contribution is -1.99. The summed E-state index contributed by atoms with van der Waals surface area (Å²) in [7, 11) is 1.69. The van der Waals surface area contributed by atoms with Crippen molar-refractivity contribution in [2.24, 2.45) is 0 Å². The van der Waals surface area contributed by atoms with Crippen molar-refractivity contribution < 1.29 is 9.13 Å². The predicted octanol–water partition coefficient (Wildman–Crippen LogP) is 3.09. The van der Waals surface area contributed by atoms with E-state index in [9.17, 15) is 4.39 Å². The summed E-state index contributed by atoms with van der Waals surface area (Å²) in [4.78, 5) is 15.3. The molecule has 3 aromatic rings. The summed E-state index contributed by atoms with van der Waals surface area (Å²) in [5, 5.41) is 2.82. The Morgan fingerprint density at radius 3 is 2.95 bits per heavy atom. The van der Waals surface area contributed by atoms with Crippen LogP contribution in [0.3, 0.4) is 0 Å². The van der Waals surface area contributed by atoms with E-state index in [4.69, 9.17) is 4.74 Å². The lowest BCUT2D eigenvalue weighted by Gasteiger charge is -2.07. The van der Waals surface area contributed by atoms with Crippen molar-refractivity contribution in [2.75, 3.05) is 12.4 Å². The van der Waals surface area contributed by atoms with Crippen LogP contribution < -0.4 is 10.1 Å². The molecule has 0 atom stereocenters.